The summed E-state index contributed by atoms with van der Waals surface area (Å²) >= 11 is 0. The van der Waals surface area contributed by atoms with Crippen LogP contribution in [0.15, 0.2) is 17.2 Å². The zero-order valence-corrected chi connectivity index (χ0v) is 17.0. The molecular formula is C17H29Cl2N5O2. The molecular weight excluding hydrogens is 377 g/mol. The van der Waals surface area contributed by atoms with Crippen LogP contribution in [0.3, 0.4) is 0 Å². The molecule has 0 spiro atoms. The van der Waals surface area contributed by atoms with Crippen molar-refractivity contribution in [3.8, 4) is 0 Å². The van der Waals surface area contributed by atoms with Crippen LogP contribution in [-0.2, 0) is 11.8 Å². The fraction of sp³-hybridized carbons (Fsp3) is 0.706. The molecule has 2 atom stereocenters. The summed E-state index contributed by atoms with van der Waals surface area (Å²) in [6.07, 6.45) is 7.26. The molecule has 3 rings (SSSR count). The smallest absolute Gasteiger partial charge is 0.293 e. The molecule has 2 aliphatic rings. The third-order valence-corrected chi connectivity index (χ3v) is 5.44. The van der Waals surface area contributed by atoms with Crippen molar-refractivity contribution >= 4 is 36.5 Å². The Hall–Kier alpha value is -1.31. The quantitative estimate of drug-likeness (QED) is 0.798. The lowest BCUT2D eigenvalue weighted by Crippen LogP contribution is -2.57. The first kappa shape index (κ1) is 22.7. The average molecular weight is 406 g/mol. The average Bonchev–Trinajstić information content (AvgIpc) is 2.57. The van der Waals surface area contributed by atoms with Gasteiger partial charge in [-0.1, -0.05) is 12.8 Å². The van der Waals surface area contributed by atoms with Gasteiger partial charge in [0.05, 0.1) is 5.92 Å². The molecule has 1 amide bonds. The van der Waals surface area contributed by atoms with E-state index in [2.05, 4.69) is 4.98 Å². The summed E-state index contributed by atoms with van der Waals surface area (Å²) in [6.45, 7) is 4.50. The van der Waals surface area contributed by atoms with Crippen LogP contribution in [-0.4, -0.2) is 52.1 Å². The van der Waals surface area contributed by atoms with Gasteiger partial charge < -0.3 is 20.1 Å². The van der Waals surface area contributed by atoms with Crippen LogP contribution in [0.5, 0.6) is 0 Å². The number of amides is 1. The molecule has 1 aromatic rings. The number of aryl methyl sites for hydroxylation is 1. The Labute approximate surface area is 166 Å². The van der Waals surface area contributed by atoms with E-state index in [9.17, 15) is 9.59 Å². The molecule has 0 radical (unpaired) electrons. The molecule has 0 aromatic carbocycles. The molecule has 7 nitrogen and oxygen atoms in total. The minimum Gasteiger partial charge on any atom is -0.348 e. The summed E-state index contributed by atoms with van der Waals surface area (Å²) in [7, 11) is 1.72. The predicted octanol–water partition coefficient (Wildman–Crippen LogP) is 1.18. The van der Waals surface area contributed by atoms with Gasteiger partial charge >= 0.3 is 0 Å². The Kier molecular flexibility index (Phi) is 7.92. The van der Waals surface area contributed by atoms with Crippen molar-refractivity contribution in [1.29, 1.82) is 0 Å². The first-order valence-corrected chi connectivity index (χ1v) is 8.74. The minimum atomic E-state index is -0.399. The van der Waals surface area contributed by atoms with Gasteiger partial charge in [-0.2, -0.15) is 0 Å². The number of hydrogen-bond donors (Lipinski definition) is 1. The predicted molar refractivity (Wildman–Crippen MR) is 107 cm³/mol. The van der Waals surface area contributed by atoms with Crippen molar-refractivity contribution < 1.29 is 4.79 Å². The summed E-state index contributed by atoms with van der Waals surface area (Å²) in [4.78, 5) is 33.1. The van der Waals surface area contributed by atoms with Crippen molar-refractivity contribution in [2.45, 2.75) is 38.1 Å². The lowest BCUT2D eigenvalue weighted by molar-refractivity contribution is -0.139. The van der Waals surface area contributed by atoms with E-state index in [1.807, 2.05) is 16.7 Å². The number of nitrogens with zero attached hydrogens (tertiary/aromatic N) is 4. The van der Waals surface area contributed by atoms with Gasteiger partial charge in [-0.25, -0.2) is 4.98 Å². The molecule has 9 heteroatoms. The van der Waals surface area contributed by atoms with Gasteiger partial charge in [-0.05, 0) is 19.8 Å². The highest BCUT2D eigenvalue weighted by molar-refractivity contribution is 5.85. The van der Waals surface area contributed by atoms with Crippen LogP contribution in [0.2, 0.25) is 0 Å². The first-order chi connectivity index (χ1) is 11.4. The molecule has 2 heterocycles. The number of aromatic nitrogens is 2. The fourth-order valence-corrected chi connectivity index (χ4v) is 3.82. The Balaban J connectivity index is 0.00000169. The van der Waals surface area contributed by atoms with Crippen LogP contribution in [0, 0.1) is 5.92 Å². The molecule has 2 unspecified atom stereocenters. The molecule has 0 bridgehead atoms. The van der Waals surface area contributed by atoms with Crippen molar-refractivity contribution in [1.82, 2.24) is 14.5 Å². The number of piperazine rings is 1. The zero-order chi connectivity index (χ0) is 17.3. The molecule has 1 aliphatic heterocycles. The van der Waals surface area contributed by atoms with E-state index >= 15 is 0 Å². The number of anilines is 1. The molecule has 1 aliphatic carbocycles. The zero-order valence-electron chi connectivity index (χ0n) is 15.4. The number of hydrogen-bond acceptors (Lipinski definition) is 5. The monoisotopic (exact) mass is 405 g/mol. The Bertz CT molecular complexity index is 671. The third kappa shape index (κ3) is 4.50. The van der Waals surface area contributed by atoms with E-state index in [4.69, 9.17) is 5.73 Å². The van der Waals surface area contributed by atoms with Crippen molar-refractivity contribution in [2.75, 3.05) is 31.1 Å². The van der Waals surface area contributed by atoms with Gasteiger partial charge in [-0.15, -0.1) is 24.8 Å². The van der Waals surface area contributed by atoms with Crippen LogP contribution < -0.4 is 16.2 Å². The standard InChI is InChI=1S/C17H27N5O2.2ClH/c1-17(18)6-4-3-5-13(17)15(23)22-11-9-21(10-12-22)14-16(24)20(2)8-7-19-14;;/h7-8,13H,3-6,9-12,18H2,1-2H3;2*1H. The SMILES string of the molecule is Cl.Cl.Cn1ccnc(N2CCN(C(=O)C3CCCCC3(C)N)CC2)c1=O. The highest BCUT2D eigenvalue weighted by atomic mass is 35.5. The van der Waals surface area contributed by atoms with Crippen molar-refractivity contribution in [3.05, 3.63) is 22.7 Å². The topological polar surface area (TPSA) is 84.5 Å². The van der Waals surface area contributed by atoms with Gasteiger partial charge in [0, 0.05) is 51.2 Å². The second-order valence-electron chi connectivity index (χ2n) is 7.28. The number of carbonyl (C=O) groups excluding carboxylic acids is 1. The van der Waals surface area contributed by atoms with E-state index in [0.717, 1.165) is 25.7 Å². The van der Waals surface area contributed by atoms with Gasteiger partial charge in [0.15, 0.2) is 5.82 Å². The maximum absolute atomic E-state index is 12.9. The highest BCUT2D eigenvalue weighted by Gasteiger charge is 2.40. The Morgan fingerprint density at radius 3 is 2.50 bits per heavy atom. The maximum atomic E-state index is 12.9. The summed E-state index contributed by atoms with van der Waals surface area (Å²) in [6, 6.07) is 0. The van der Waals surface area contributed by atoms with E-state index in [-0.39, 0.29) is 42.2 Å². The van der Waals surface area contributed by atoms with Crippen LogP contribution in [0.4, 0.5) is 5.82 Å². The van der Waals surface area contributed by atoms with Crippen LogP contribution in [0.1, 0.15) is 32.6 Å². The number of carbonyl (C=O) groups is 1. The lowest BCUT2D eigenvalue weighted by Gasteiger charge is -2.42. The molecule has 2 N–H and O–H groups in total. The summed E-state index contributed by atoms with van der Waals surface area (Å²) < 4.78 is 1.53. The van der Waals surface area contributed by atoms with Crippen LogP contribution in [0.25, 0.3) is 0 Å². The Morgan fingerprint density at radius 1 is 1.23 bits per heavy atom. The van der Waals surface area contributed by atoms with E-state index < -0.39 is 5.54 Å². The summed E-state index contributed by atoms with van der Waals surface area (Å²) in [5.74, 6) is 0.558. The first-order valence-electron chi connectivity index (χ1n) is 8.74. The minimum absolute atomic E-state index is 0. The van der Waals surface area contributed by atoms with Gasteiger partial charge in [-0.3, -0.25) is 9.59 Å². The molecule has 1 saturated carbocycles. The molecule has 26 heavy (non-hydrogen) atoms. The van der Waals surface area contributed by atoms with Crippen LogP contribution >= 0.6 is 24.8 Å². The van der Waals surface area contributed by atoms with Gasteiger partial charge in [0.2, 0.25) is 5.91 Å². The van der Waals surface area contributed by atoms with E-state index in [0.29, 0.717) is 32.0 Å². The number of halogens is 2. The lowest BCUT2D eigenvalue weighted by atomic mass is 9.74. The number of rotatable bonds is 2. The Morgan fingerprint density at radius 2 is 1.88 bits per heavy atom. The molecule has 2 fully saturated rings. The third-order valence-electron chi connectivity index (χ3n) is 5.44. The molecule has 148 valence electrons. The number of nitrogens with two attached hydrogens (primary N) is 1. The van der Waals surface area contributed by atoms with Crippen molar-refractivity contribution in [2.24, 2.45) is 18.7 Å². The summed E-state index contributed by atoms with van der Waals surface area (Å²) in [5.41, 5.74) is 5.88. The summed E-state index contributed by atoms with van der Waals surface area (Å²) in [5, 5.41) is 0. The van der Waals surface area contributed by atoms with E-state index in [1.165, 1.54) is 4.57 Å². The highest BCUT2D eigenvalue weighted by Crippen LogP contribution is 2.33. The second kappa shape index (κ2) is 9.06. The largest absolute Gasteiger partial charge is 0.348 e. The molecule has 1 saturated heterocycles. The van der Waals surface area contributed by atoms with E-state index in [1.54, 1.807) is 19.4 Å². The fourth-order valence-electron chi connectivity index (χ4n) is 3.82. The maximum Gasteiger partial charge on any atom is 0.293 e. The second-order valence-corrected chi connectivity index (χ2v) is 7.28. The normalized spacial score (nSPS) is 25.9. The van der Waals surface area contributed by atoms with Gasteiger partial charge in [0.25, 0.3) is 5.56 Å². The van der Waals surface area contributed by atoms with Gasteiger partial charge in [0.1, 0.15) is 0 Å². The molecule has 1 aromatic heterocycles. The van der Waals surface area contributed by atoms with Crippen molar-refractivity contribution in [3.63, 3.8) is 0 Å².